The zero-order valence-corrected chi connectivity index (χ0v) is 15.2. The van der Waals surface area contributed by atoms with Crippen LogP contribution in [0.4, 0.5) is 0 Å². The minimum Gasteiger partial charge on any atom is -0.396 e. The molecule has 0 heterocycles. The predicted molar refractivity (Wildman–Crippen MR) is 96.5 cm³/mol. The fourth-order valence-corrected chi connectivity index (χ4v) is 3.40. The van der Waals surface area contributed by atoms with E-state index >= 15 is 0 Å². The molecule has 0 spiro atoms. The minimum absolute atomic E-state index is 0.175. The van der Waals surface area contributed by atoms with E-state index in [0.717, 1.165) is 84.5 Å². The summed E-state index contributed by atoms with van der Waals surface area (Å²) in [5, 5.41) is 28.3. The summed E-state index contributed by atoms with van der Waals surface area (Å²) in [6.07, 6.45) is 7.32. The van der Waals surface area contributed by atoms with Gasteiger partial charge in [-0.15, -0.1) is 0 Å². The predicted octanol–water partition coefficient (Wildman–Crippen LogP) is 3.94. The Morgan fingerprint density at radius 1 is 0.609 bits per heavy atom. The Bertz CT molecular complexity index is 430. The molecule has 1 aromatic rings. The van der Waals surface area contributed by atoms with Crippen molar-refractivity contribution in [2.45, 2.75) is 57.8 Å². The first-order chi connectivity index (χ1) is 11.2. The molecule has 5 heteroatoms. The molecule has 0 saturated heterocycles. The number of unbranched alkanes of at least 4 members (excludes halogenated alkanes) is 3. The van der Waals surface area contributed by atoms with Crippen LogP contribution >= 0.6 is 23.2 Å². The summed E-state index contributed by atoms with van der Waals surface area (Å²) in [7, 11) is 0. The van der Waals surface area contributed by atoms with Gasteiger partial charge in [0.25, 0.3) is 0 Å². The summed E-state index contributed by atoms with van der Waals surface area (Å²) >= 11 is 13.1. The fraction of sp³-hybridized carbons (Fsp3) is 0.667. The van der Waals surface area contributed by atoms with Gasteiger partial charge in [0.05, 0.1) is 0 Å². The van der Waals surface area contributed by atoms with Gasteiger partial charge in [0.2, 0.25) is 0 Å². The van der Waals surface area contributed by atoms with Crippen molar-refractivity contribution in [3.8, 4) is 0 Å². The Morgan fingerprint density at radius 2 is 1.00 bits per heavy atom. The molecule has 0 bridgehead atoms. The van der Waals surface area contributed by atoms with Gasteiger partial charge in [-0.2, -0.15) is 0 Å². The van der Waals surface area contributed by atoms with Crippen LogP contribution in [-0.2, 0) is 19.3 Å². The monoisotopic (exact) mass is 362 g/mol. The Hall–Kier alpha value is -0.320. The van der Waals surface area contributed by atoms with Crippen molar-refractivity contribution in [2.24, 2.45) is 0 Å². The molecule has 0 atom stereocenters. The largest absolute Gasteiger partial charge is 0.396 e. The first-order valence-corrected chi connectivity index (χ1v) is 9.22. The molecule has 0 amide bonds. The second kappa shape index (κ2) is 12.1. The fourth-order valence-electron chi connectivity index (χ4n) is 2.67. The van der Waals surface area contributed by atoms with Gasteiger partial charge < -0.3 is 15.3 Å². The van der Waals surface area contributed by atoms with Gasteiger partial charge in [-0.1, -0.05) is 29.3 Å². The molecule has 0 aliphatic heterocycles. The third-order valence-electron chi connectivity index (χ3n) is 3.99. The number of halogens is 2. The molecule has 1 aromatic carbocycles. The van der Waals surface area contributed by atoms with Gasteiger partial charge in [0.1, 0.15) is 0 Å². The maximum atomic E-state index is 8.97. The molecule has 0 unspecified atom stereocenters. The van der Waals surface area contributed by atoms with Crippen LogP contribution in [0.3, 0.4) is 0 Å². The van der Waals surface area contributed by atoms with E-state index in [1.54, 1.807) is 0 Å². The van der Waals surface area contributed by atoms with Crippen LogP contribution in [0.25, 0.3) is 0 Å². The third kappa shape index (κ3) is 6.98. The lowest BCUT2D eigenvalue weighted by Crippen LogP contribution is -2.01. The van der Waals surface area contributed by atoms with E-state index in [1.807, 2.05) is 0 Å². The molecule has 0 aromatic heterocycles. The molecule has 1 rings (SSSR count). The molecule has 0 radical (unpaired) electrons. The second-order valence-electron chi connectivity index (χ2n) is 5.84. The normalized spacial score (nSPS) is 11.2. The Morgan fingerprint density at radius 3 is 1.39 bits per heavy atom. The van der Waals surface area contributed by atoms with Crippen molar-refractivity contribution in [2.75, 3.05) is 19.8 Å². The molecule has 132 valence electrons. The van der Waals surface area contributed by atoms with E-state index in [9.17, 15) is 0 Å². The van der Waals surface area contributed by atoms with Crippen LogP contribution < -0.4 is 0 Å². The maximum absolute atomic E-state index is 8.97. The lowest BCUT2D eigenvalue weighted by Gasteiger charge is -2.16. The number of aryl methyl sites for hydroxylation is 2. The zero-order valence-electron chi connectivity index (χ0n) is 13.7. The van der Waals surface area contributed by atoms with Gasteiger partial charge in [0.15, 0.2) is 0 Å². The maximum Gasteiger partial charge on any atom is 0.0485 e. The summed E-state index contributed by atoms with van der Waals surface area (Å²) in [6.45, 7) is 0.560. The van der Waals surface area contributed by atoms with Crippen LogP contribution in [0.1, 0.15) is 55.2 Å². The molecule has 3 nitrogen and oxygen atoms in total. The van der Waals surface area contributed by atoms with E-state index < -0.39 is 0 Å². The lowest BCUT2D eigenvalue weighted by molar-refractivity contribution is 0.284. The van der Waals surface area contributed by atoms with E-state index in [2.05, 4.69) is 6.07 Å². The first kappa shape index (κ1) is 20.7. The molecule has 0 aliphatic rings. The standard InChI is InChI=1S/C18H28Cl2O3/c19-17-14(7-1-4-10-21)13-15(8-2-5-11-22)18(20)16(17)9-3-6-12-23/h13,21-23H,1-12H2. The highest BCUT2D eigenvalue weighted by atomic mass is 35.5. The van der Waals surface area contributed by atoms with Crippen molar-refractivity contribution < 1.29 is 15.3 Å². The molecule has 3 N–H and O–H groups in total. The molecular formula is C18H28Cl2O3. The summed E-state index contributed by atoms with van der Waals surface area (Å²) < 4.78 is 0. The van der Waals surface area contributed by atoms with Crippen LogP contribution in [0, 0.1) is 0 Å². The first-order valence-electron chi connectivity index (χ1n) is 8.46. The molecular weight excluding hydrogens is 335 g/mol. The summed E-state index contributed by atoms with van der Waals surface area (Å²) in [6, 6.07) is 2.08. The number of aliphatic hydroxyl groups is 3. The summed E-state index contributed by atoms with van der Waals surface area (Å²) in [5.41, 5.74) is 3.15. The average Bonchev–Trinajstić information content (AvgIpc) is 2.54. The van der Waals surface area contributed by atoms with Crippen LogP contribution in [0.5, 0.6) is 0 Å². The van der Waals surface area contributed by atoms with Crippen molar-refractivity contribution >= 4 is 23.2 Å². The highest BCUT2D eigenvalue weighted by Gasteiger charge is 2.15. The SMILES string of the molecule is OCCCCc1cc(CCCCO)c(Cl)c(CCCCO)c1Cl. The van der Waals surface area contributed by atoms with Gasteiger partial charge in [-0.05, 0) is 74.5 Å². The van der Waals surface area contributed by atoms with Gasteiger partial charge in [0, 0.05) is 29.9 Å². The van der Waals surface area contributed by atoms with Gasteiger partial charge in [-0.3, -0.25) is 0 Å². The number of rotatable bonds is 12. The van der Waals surface area contributed by atoms with Crippen molar-refractivity contribution in [3.05, 3.63) is 32.8 Å². The number of benzene rings is 1. The van der Waals surface area contributed by atoms with Crippen LogP contribution in [0.15, 0.2) is 6.07 Å². The van der Waals surface area contributed by atoms with E-state index in [1.165, 1.54) is 0 Å². The highest BCUT2D eigenvalue weighted by Crippen LogP contribution is 2.34. The number of hydrogen-bond donors (Lipinski definition) is 3. The van der Waals surface area contributed by atoms with Crippen molar-refractivity contribution in [3.63, 3.8) is 0 Å². The van der Waals surface area contributed by atoms with Crippen LogP contribution in [0.2, 0.25) is 10.0 Å². The summed E-state index contributed by atoms with van der Waals surface area (Å²) in [5.74, 6) is 0. The molecule has 0 aliphatic carbocycles. The topological polar surface area (TPSA) is 60.7 Å². The minimum atomic E-state index is 0.175. The molecule has 23 heavy (non-hydrogen) atoms. The second-order valence-corrected chi connectivity index (χ2v) is 6.60. The van der Waals surface area contributed by atoms with E-state index in [-0.39, 0.29) is 19.8 Å². The highest BCUT2D eigenvalue weighted by molar-refractivity contribution is 6.37. The van der Waals surface area contributed by atoms with E-state index in [0.29, 0.717) is 0 Å². The Balaban J connectivity index is 2.97. The van der Waals surface area contributed by atoms with Crippen molar-refractivity contribution in [1.82, 2.24) is 0 Å². The zero-order chi connectivity index (χ0) is 17.1. The van der Waals surface area contributed by atoms with Crippen molar-refractivity contribution in [1.29, 1.82) is 0 Å². The average molecular weight is 363 g/mol. The Labute approximate surface area is 149 Å². The lowest BCUT2D eigenvalue weighted by atomic mass is 9.96. The number of hydrogen-bond acceptors (Lipinski definition) is 3. The smallest absolute Gasteiger partial charge is 0.0485 e. The quantitative estimate of drug-likeness (QED) is 0.493. The Kier molecular flexibility index (Phi) is 10.9. The molecule has 0 fully saturated rings. The summed E-state index contributed by atoms with van der Waals surface area (Å²) in [4.78, 5) is 0. The number of aliphatic hydroxyl groups excluding tert-OH is 3. The third-order valence-corrected chi connectivity index (χ3v) is 4.93. The van der Waals surface area contributed by atoms with Crippen LogP contribution in [-0.4, -0.2) is 35.1 Å². The molecule has 0 saturated carbocycles. The van der Waals surface area contributed by atoms with E-state index in [4.69, 9.17) is 38.5 Å². The van der Waals surface area contributed by atoms with Gasteiger partial charge >= 0.3 is 0 Å². The van der Waals surface area contributed by atoms with Gasteiger partial charge in [-0.25, -0.2) is 0 Å².